The highest BCUT2D eigenvalue weighted by Crippen LogP contribution is 2.38. The molecule has 0 saturated heterocycles. The topological polar surface area (TPSA) is 108 Å². The average Bonchev–Trinajstić information content (AvgIpc) is 3.32. The van der Waals surface area contributed by atoms with E-state index in [4.69, 9.17) is 9.05 Å². The fourth-order valence-corrected chi connectivity index (χ4v) is 9.08. The van der Waals surface area contributed by atoms with Crippen LogP contribution in [0.25, 0.3) is 0 Å². The van der Waals surface area contributed by atoms with Crippen LogP contribution in [0.15, 0.2) is 72.9 Å². The Labute approximate surface area is 434 Å². The molecule has 0 aromatic carbocycles. The molecule has 2 N–H and O–H groups in total. The molecular formula is C61H113N2O6P. The molecule has 0 aromatic heterocycles. The monoisotopic (exact) mass is 1000 g/mol. The van der Waals surface area contributed by atoms with Crippen molar-refractivity contribution < 1.29 is 32.9 Å². The lowest BCUT2D eigenvalue weighted by atomic mass is 10.0. The molecule has 0 aliphatic rings. The van der Waals surface area contributed by atoms with Gasteiger partial charge < -0.3 is 28.8 Å². The van der Waals surface area contributed by atoms with E-state index in [1.54, 1.807) is 6.08 Å². The van der Waals surface area contributed by atoms with Gasteiger partial charge in [0.25, 0.3) is 7.82 Å². The number of nitrogens with zero attached hydrogens (tertiary/aromatic N) is 1. The number of carbonyl (C=O) groups excluding carboxylic acids is 1. The fourth-order valence-electron chi connectivity index (χ4n) is 8.36. The van der Waals surface area contributed by atoms with Crippen LogP contribution in [0.4, 0.5) is 0 Å². The van der Waals surface area contributed by atoms with Gasteiger partial charge in [-0.05, 0) is 64.2 Å². The van der Waals surface area contributed by atoms with Gasteiger partial charge in [0.15, 0.2) is 0 Å². The minimum atomic E-state index is -4.60. The van der Waals surface area contributed by atoms with E-state index in [2.05, 4.69) is 79.9 Å². The number of nitrogens with one attached hydrogen (secondary N) is 1. The summed E-state index contributed by atoms with van der Waals surface area (Å²) in [4.78, 5) is 25.5. The first-order chi connectivity index (χ1) is 34.0. The molecule has 0 heterocycles. The van der Waals surface area contributed by atoms with Gasteiger partial charge in [-0.15, -0.1) is 0 Å². The number of hydrogen-bond acceptors (Lipinski definition) is 6. The Morgan fingerprint density at radius 1 is 0.514 bits per heavy atom. The van der Waals surface area contributed by atoms with Crippen molar-refractivity contribution in [3.8, 4) is 0 Å². The van der Waals surface area contributed by atoms with Crippen molar-refractivity contribution in [3.63, 3.8) is 0 Å². The van der Waals surface area contributed by atoms with E-state index in [0.717, 1.165) is 70.6 Å². The molecule has 0 saturated carbocycles. The molecule has 3 atom stereocenters. The Morgan fingerprint density at radius 3 is 1.27 bits per heavy atom. The Morgan fingerprint density at radius 2 is 0.871 bits per heavy atom. The third kappa shape index (κ3) is 53.7. The molecule has 408 valence electrons. The molecule has 3 unspecified atom stereocenters. The van der Waals surface area contributed by atoms with Crippen molar-refractivity contribution in [3.05, 3.63) is 72.9 Å². The van der Waals surface area contributed by atoms with Gasteiger partial charge in [0.1, 0.15) is 13.2 Å². The molecule has 0 rings (SSSR count). The fraction of sp³-hybridized carbons (Fsp3) is 0.787. The van der Waals surface area contributed by atoms with Crippen molar-refractivity contribution in [1.29, 1.82) is 0 Å². The lowest BCUT2D eigenvalue weighted by Crippen LogP contribution is -2.45. The zero-order chi connectivity index (χ0) is 51.3. The SMILES string of the molecule is CC/C=C\C/C=C\C/C=C\C/C=C\C/C=C\CCCCCCCCCCCCCC(=O)NC(COP(=O)([O-])OCC[N+](C)(C)C)C(O)/C=C/CCCCCCCCCCCCCCCCCCCCC. The number of hydrogen-bond donors (Lipinski definition) is 2. The molecule has 0 radical (unpaired) electrons. The molecule has 1 amide bonds. The Bertz CT molecular complexity index is 1370. The van der Waals surface area contributed by atoms with Crippen LogP contribution in [0.2, 0.25) is 0 Å². The second-order valence-electron chi connectivity index (χ2n) is 21.0. The van der Waals surface area contributed by atoms with Gasteiger partial charge in [-0.1, -0.05) is 260 Å². The van der Waals surface area contributed by atoms with E-state index in [-0.39, 0.29) is 19.1 Å². The van der Waals surface area contributed by atoms with E-state index in [1.165, 1.54) is 167 Å². The van der Waals surface area contributed by atoms with Crippen molar-refractivity contribution in [2.45, 2.75) is 270 Å². The maximum absolute atomic E-state index is 13.0. The van der Waals surface area contributed by atoms with Crippen LogP contribution in [0, 0.1) is 0 Å². The van der Waals surface area contributed by atoms with Crippen LogP contribution in [0.3, 0.4) is 0 Å². The number of amides is 1. The minimum Gasteiger partial charge on any atom is -0.756 e. The summed E-state index contributed by atoms with van der Waals surface area (Å²) in [5.74, 6) is -0.201. The zero-order valence-electron chi connectivity index (χ0n) is 46.5. The molecule has 0 aliphatic carbocycles. The van der Waals surface area contributed by atoms with Crippen molar-refractivity contribution in [2.75, 3.05) is 40.9 Å². The van der Waals surface area contributed by atoms with Gasteiger partial charge in [0.05, 0.1) is 39.9 Å². The first kappa shape index (κ1) is 67.9. The summed E-state index contributed by atoms with van der Waals surface area (Å²) < 4.78 is 23.4. The molecular weight excluding hydrogens is 888 g/mol. The number of rotatable bonds is 53. The van der Waals surface area contributed by atoms with Crippen molar-refractivity contribution in [2.24, 2.45) is 0 Å². The maximum atomic E-state index is 13.0. The van der Waals surface area contributed by atoms with Crippen LogP contribution in [-0.4, -0.2) is 68.5 Å². The number of likely N-dealkylation sites (N-methyl/N-ethyl adjacent to an activating group) is 1. The van der Waals surface area contributed by atoms with Crippen LogP contribution < -0.4 is 10.2 Å². The number of allylic oxidation sites excluding steroid dienone is 11. The smallest absolute Gasteiger partial charge is 0.268 e. The Kier molecular flexibility index (Phi) is 50.3. The van der Waals surface area contributed by atoms with Crippen LogP contribution in [0.1, 0.15) is 258 Å². The van der Waals surface area contributed by atoms with E-state index < -0.39 is 20.0 Å². The maximum Gasteiger partial charge on any atom is 0.268 e. The second-order valence-corrected chi connectivity index (χ2v) is 22.4. The molecule has 0 bridgehead atoms. The van der Waals surface area contributed by atoms with Gasteiger partial charge in [-0.2, -0.15) is 0 Å². The lowest BCUT2D eigenvalue weighted by molar-refractivity contribution is -0.870. The lowest BCUT2D eigenvalue weighted by Gasteiger charge is -2.29. The number of unbranched alkanes of at least 4 members (excludes halogenated alkanes) is 30. The summed E-state index contributed by atoms with van der Waals surface area (Å²) in [6.45, 7) is 4.55. The van der Waals surface area contributed by atoms with Gasteiger partial charge in [0, 0.05) is 6.42 Å². The Balaban J connectivity index is 4.22. The first-order valence-electron chi connectivity index (χ1n) is 29.3. The van der Waals surface area contributed by atoms with E-state index >= 15 is 0 Å². The molecule has 8 nitrogen and oxygen atoms in total. The molecule has 0 aromatic rings. The third-order valence-electron chi connectivity index (χ3n) is 12.9. The summed E-state index contributed by atoms with van der Waals surface area (Å²) >= 11 is 0. The number of aliphatic hydroxyl groups excluding tert-OH is 1. The molecule has 70 heavy (non-hydrogen) atoms. The quantitative estimate of drug-likeness (QED) is 0.0272. The van der Waals surface area contributed by atoms with Crippen LogP contribution in [-0.2, 0) is 18.4 Å². The summed E-state index contributed by atoms with van der Waals surface area (Å²) in [7, 11) is 1.26. The minimum absolute atomic E-state index is 0.00379. The highest BCUT2D eigenvalue weighted by molar-refractivity contribution is 7.45. The van der Waals surface area contributed by atoms with E-state index in [0.29, 0.717) is 17.4 Å². The summed E-state index contributed by atoms with van der Waals surface area (Å²) in [5.41, 5.74) is 0. The second kappa shape index (κ2) is 51.8. The first-order valence-corrected chi connectivity index (χ1v) is 30.8. The van der Waals surface area contributed by atoms with Crippen molar-refractivity contribution in [1.82, 2.24) is 5.32 Å². The average molecular weight is 1000 g/mol. The molecule has 9 heteroatoms. The zero-order valence-corrected chi connectivity index (χ0v) is 47.4. The number of phosphoric ester groups is 1. The van der Waals surface area contributed by atoms with E-state index in [1.807, 2.05) is 27.2 Å². The number of carbonyl (C=O) groups is 1. The van der Waals surface area contributed by atoms with Gasteiger partial charge in [-0.25, -0.2) is 0 Å². The van der Waals surface area contributed by atoms with Gasteiger partial charge in [-0.3, -0.25) is 9.36 Å². The summed E-state index contributed by atoms with van der Waals surface area (Å²) in [5, 5.41) is 13.9. The largest absolute Gasteiger partial charge is 0.756 e. The predicted molar refractivity (Wildman–Crippen MR) is 302 cm³/mol. The van der Waals surface area contributed by atoms with Crippen LogP contribution in [0.5, 0.6) is 0 Å². The molecule has 0 aliphatic heterocycles. The van der Waals surface area contributed by atoms with E-state index in [9.17, 15) is 19.4 Å². The van der Waals surface area contributed by atoms with Crippen molar-refractivity contribution >= 4 is 13.7 Å². The summed E-state index contributed by atoms with van der Waals surface area (Å²) in [6, 6.07) is -0.892. The summed E-state index contributed by atoms with van der Waals surface area (Å²) in [6.07, 6.45) is 71.1. The van der Waals surface area contributed by atoms with Gasteiger partial charge in [0.2, 0.25) is 5.91 Å². The highest BCUT2D eigenvalue weighted by Gasteiger charge is 2.23. The van der Waals surface area contributed by atoms with Crippen LogP contribution >= 0.6 is 7.82 Å². The highest BCUT2D eigenvalue weighted by atomic mass is 31.2. The standard InChI is InChI=1S/C61H113N2O6P/c1-6-8-10-12-14-16-18-20-22-24-26-28-29-30-31-32-33-35-37-39-41-43-45-47-49-51-53-55-61(65)62-59(58-69-70(66,67)68-57-56-63(3,4)5)60(64)54-52-50-48-46-44-42-40-38-36-34-27-25-23-21-19-17-15-13-11-9-7-2/h8,10,14,16,20,22,26,28,30-31,52,54,59-60,64H,6-7,9,11-13,15,17-19,21,23-25,27,29,32-51,53,55-58H2,1-5H3,(H-,62,65,66,67)/b10-8-,16-14-,22-20-,28-26-,31-30-,54-52+. The molecule has 0 fully saturated rings. The number of phosphoric acid groups is 1. The third-order valence-corrected chi connectivity index (χ3v) is 13.9. The van der Waals surface area contributed by atoms with Gasteiger partial charge >= 0.3 is 0 Å². The molecule has 0 spiro atoms. The normalized spacial score (nSPS) is 14.4. The number of aliphatic hydroxyl groups is 1. The predicted octanol–water partition coefficient (Wildman–Crippen LogP) is 17.2. The number of quaternary nitrogens is 1. The Hall–Kier alpha value is -2.06.